The van der Waals surface area contributed by atoms with Crippen molar-refractivity contribution < 1.29 is 0 Å². The molecule has 1 fully saturated rings. The van der Waals surface area contributed by atoms with Gasteiger partial charge in [-0.05, 0) is 13.5 Å². The summed E-state index contributed by atoms with van der Waals surface area (Å²) in [5.41, 5.74) is 1.57. The van der Waals surface area contributed by atoms with Crippen molar-refractivity contribution in [2.75, 3.05) is 46.3 Å². The lowest BCUT2D eigenvalue weighted by Gasteiger charge is -2.34. The van der Waals surface area contributed by atoms with Gasteiger partial charge in [-0.1, -0.05) is 6.08 Å². The first-order valence-corrected chi connectivity index (χ1v) is 5.19. The van der Waals surface area contributed by atoms with E-state index in [1.54, 1.807) is 5.70 Å². The number of likely N-dealkylation sites (N-methyl/N-ethyl adjacent to an activating group) is 1. The molecule has 0 aromatic heterocycles. The zero-order valence-electron chi connectivity index (χ0n) is 8.42. The topological polar surface area (TPSA) is 18.5 Å². The van der Waals surface area contributed by atoms with Crippen LogP contribution in [0.25, 0.3) is 0 Å². The zero-order valence-corrected chi connectivity index (χ0v) is 8.42. The maximum absolute atomic E-state index is 3.38. The van der Waals surface area contributed by atoms with Gasteiger partial charge in [-0.25, -0.2) is 0 Å². The number of piperazine rings is 1. The second-order valence-electron chi connectivity index (χ2n) is 3.94. The van der Waals surface area contributed by atoms with Crippen LogP contribution >= 0.6 is 0 Å². The third-order valence-corrected chi connectivity index (χ3v) is 2.91. The summed E-state index contributed by atoms with van der Waals surface area (Å²) in [4.78, 5) is 4.90. The predicted molar refractivity (Wildman–Crippen MR) is 54.6 cm³/mol. The van der Waals surface area contributed by atoms with Gasteiger partial charge in [0.15, 0.2) is 0 Å². The van der Waals surface area contributed by atoms with E-state index in [1.165, 1.54) is 26.1 Å². The fourth-order valence-electron chi connectivity index (χ4n) is 2.00. The lowest BCUT2D eigenvalue weighted by atomic mass is 10.1. The highest BCUT2D eigenvalue weighted by atomic mass is 15.2. The van der Waals surface area contributed by atoms with Crippen molar-refractivity contribution >= 4 is 0 Å². The lowest BCUT2D eigenvalue weighted by Crippen LogP contribution is -2.44. The monoisotopic (exact) mass is 181 g/mol. The Labute approximate surface area is 80.4 Å². The van der Waals surface area contributed by atoms with Gasteiger partial charge in [0.25, 0.3) is 0 Å². The average Bonchev–Trinajstić information content (AvgIpc) is 2.20. The summed E-state index contributed by atoms with van der Waals surface area (Å²) in [6.07, 6.45) is 3.62. The van der Waals surface area contributed by atoms with Crippen molar-refractivity contribution in [3.05, 3.63) is 11.8 Å². The van der Waals surface area contributed by atoms with Crippen LogP contribution in [-0.4, -0.2) is 56.1 Å². The fourth-order valence-corrected chi connectivity index (χ4v) is 2.00. The van der Waals surface area contributed by atoms with Gasteiger partial charge in [-0.2, -0.15) is 0 Å². The van der Waals surface area contributed by atoms with Crippen molar-refractivity contribution in [1.29, 1.82) is 0 Å². The highest BCUT2D eigenvalue weighted by molar-refractivity contribution is 5.07. The van der Waals surface area contributed by atoms with E-state index in [-0.39, 0.29) is 0 Å². The highest BCUT2D eigenvalue weighted by Gasteiger charge is 2.15. The van der Waals surface area contributed by atoms with E-state index >= 15 is 0 Å². The smallest absolute Gasteiger partial charge is 0.0300 e. The molecule has 2 aliphatic rings. The number of hydrogen-bond donors (Lipinski definition) is 1. The number of nitrogens with one attached hydrogen (secondary N) is 1. The molecule has 13 heavy (non-hydrogen) atoms. The molecule has 2 aliphatic heterocycles. The first kappa shape index (κ1) is 9.03. The summed E-state index contributed by atoms with van der Waals surface area (Å²) in [6.45, 7) is 7.01. The van der Waals surface area contributed by atoms with Crippen LogP contribution in [0, 0.1) is 0 Å². The molecule has 0 aliphatic carbocycles. The van der Waals surface area contributed by atoms with Crippen molar-refractivity contribution in [3.63, 3.8) is 0 Å². The molecule has 3 heteroatoms. The quantitative estimate of drug-likeness (QED) is 0.619. The fraction of sp³-hybridized carbons (Fsp3) is 0.800. The van der Waals surface area contributed by atoms with Crippen LogP contribution in [0.3, 0.4) is 0 Å². The Morgan fingerprint density at radius 2 is 2.00 bits per heavy atom. The van der Waals surface area contributed by atoms with Gasteiger partial charge in [0.1, 0.15) is 0 Å². The SMILES string of the molecule is CN1CC=C(N2CCNCC2)CC1. The number of nitrogens with zero attached hydrogens (tertiary/aromatic N) is 2. The Morgan fingerprint density at radius 3 is 2.62 bits per heavy atom. The first-order valence-electron chi connectivity index (χ1n) is 5.19. The molecule has 0 spiro atoms. The second-order valence-corrected chi connectivity index (χ2v) is 3.94. The molecular weight excluding hydrogens is 162 g/mol. The van der Waals surface area contributed by atoms with Crippen molar-refractivity contribution in [1.82, 2.24) is 15.1 Å². The molecular formula is C10H19N3. The van der Waals surface area contributed by atoms with Crippen LogP contribution in [-0.2, 0) is 0 Å². The van der Waals surface area contributed by atoms with Crippen LogP contribution in [0.15, 0.2) is 11.8 Å². The molecule has 0 radical (unpaired) electrons. The number of rotatable bonds is 1. The van der Waals surface area contributed by atoms with Crippen molar-refractivity contribution in [2.24, 2.45) is 0 Å². The van der Waals surface area contributed by atoms with Gasteiger partial charge in [0.05, 0.1) is 0 Å². The number of hydrogen-bond acceptors (Lipinski definition) is 3. The predicted octanol–water partition coefficient (Wildman–Crippen LogP) is 0.111. The van der Waals surface area contributed by atoms with E-state index in [0.717, 1.165) is 19.6 Å². The van der Waals surface area contributed by atoms with Crippen molar-refractivity contribution in [2.45, 2.75) is 6.42 Å². The molecule has 74 valence electrons. The molecule has 0 saturated carbocycles. The van der Waals surface area contributed by atoms with Crippen LogP contribution in [0.2, 0.25) is 0 Å². The molecule has 2 rings (SSSR count). The summed E-state index contributed by atoms with van der Waals surface area (Å²) in [5.74, 6) is 0. The largest absolute Gasteiger partial charge is 0.372 e. The van der Waals surface area contributed by atoms with E-state index in [0.29, 0.717) is 0 Å². The van der Waals surface area contributed by atoms with Crippen LogP contribution in [0.1, 0.15) is 6.42 Å². The summed E-state index contributed by atoms with van der Waals surface area (Å²) < 4.78 is 0. The standard InChI is InChI=1S/C10H19N3/c1-12-6-2-10(3-7-12)13-8-4-11-5-9-13/h2,11H,3-9H2,1H3. The Bertz CT molecular complexity index is 194. The Balaban J connectivity index is 1.92. The summed E-state index contributed by atoms with van der Waals surface area (Å²) >= 11 is 0. The third kappa shape index (κ3) is 2.23. The molecule has 3 nitrogen and oxygen atoms in total. The minimum Gasteiger partial charge on any atom is -0.372 e. The first-order chi connectivity index (χ1) is 6.36. The van der Waals surface area contributed by atoms with Crippen LogP contribution < -0.4 is 5.32 Å². The average molecular weight is 181 g/mol. The van der Waals surface area contributed by atoms with E-state index < -0.39 is 0 Å². The minimum absolute atomic E-state index is 1.12. The van der Waals surface area contributed by atoms with Gasteiger partial charge in [-0.15, -0.1) is 0 Å². The second kappa shape index (κ2) is 4.11. The normalized spacial score (nSPS) is 25.9. The Hall–Kier alpha value is -0.540. The maximum Gasteiger partial charge on any atom is 0.0300 e. The van der Waals surface area contributed by atoms with Gasteiger partial charge < -0.3 is 15.1 Å². The van der Waals surface area contributed by atoms with E-state index in [1.807, 2.05) is 0 Å². The molecule has 0 aromatic carbocycles. The van der Waals surface area contributed by atoms with Crippen molar-refractivity contribution in [3.8, 4) is 0 Å². The van der Waals surface area contributed by atoms with Gasteiger partial charge in [0, 0.05) is 45.0 Å². The van der Waals surface area contributed by atoms with Gasteiger partial charge in [-0.3, -0.25) is 0 Å². The molecule has 0 aromatic rings. The van der Waals surface area contributed by atoms with E-state index in [2.05, 4.69) is 28.2 Å². The summed E-state index contributed by atoms with van der Waals surface area (Å²) in [7, 11) is 2.19. The lowest BCUT2D eigenvalue weighted by molar-refractivity contribution is 0.259. The molecule has 1 saturated heterocycles. The molecule has 0 bridgehead atoms. The molecule has 1 N–H and O–H groups in total. The zero-order chi connectivity index (χ0) is 9.10. The Kier molecular flexibility index (Phi) is 2.86. The van der Waals surface area contributed by atoms with E-state index in [4.69, 9.17) is 0 Å². The molecule has 0 amide bonds. The summed E-state index contributed by atoms with van der Waals surface area (Å²) in [5, 5.41) is 3.38. The van der Waals surface area contributed by atoms with Crippen LogP contribution in [0.5, 0.6) is 0 Å². The van der Waals surface area contributed by atoms with Gasteiger partial charge >= 0.3 is 0 Å². The summed E-state index contributed by atoms with van der Waals surface area (Å²) in [6, 6.07) is 0. The van der Waals surface area contributed by atoms with E-state index in [9.17, 15) is 0 Å². The molecule has 0 atom stereocenters. The molecule has 0 unspecified atom stereocenters. The minimum atomic E-state index is 1.12. The van der Waals surface area contributed by atoms with Crippen LogP contribution in [0.4, 0.5) is 0 Å². The third-order valence-electron chi connectivity index (χ3n) is 2.91. The highest BCUT2D eigenvalue weighted by Crippen LogP contribution is 2.14. The molecule has 2 heterocycles. The Morgan fingerprint density at radius 1 is 1.23 bits per heavy atom. The maximum atomic E-state index is 3.38. The van der Waals surface area contributed by atoms with Gasteiger partial charge in [0.2, 0.25) is 0 Å².